The Balaban J connectivity index is 1.47. The van der Waals surface area contributed by atoms with E-state index in [2.05, 4.69) is 15.0 Å². The average molecular weight is 439 g/mol. The van der Waals surface area contributed by atoms with E-state index in [0.29, 0.717) is 12.6 Å². The molecule has 3 unspecified atom stereocenters. The molecule has 1 saturated carbocycles. The lowest BCUT2D eigenvalue weighted by molar-refractivity contribution is -0.137. The van der Waals surface area contributed by atoms with Gasteiger partial charge in [-0.15, -0.1) is 0 Å². The number of aryl methyl sites for hydroxylation is 1. The van der Waals surface area contributed by atoms with Crippen molar-refractivity contribution >= 4 is 16.6 Å². The van der Waals surface area contributed by atoms with Gasteiger partial charge in [0.05, 0.1) is 33.8 Å². The van der Waals surface area contributed by atoms with Gasteiger partial charge in [-0.1, -0.05) is 18.2 Å². The topological polar surface area (TPSA) is 59.0 Å². The fraction of sp³-hybridized carbons (Fsp3) is 0.476. The van der Waals surface area contributed by atoms with Crippen LogP contribution in [0.1, 0.15) is 42.5 Å². The molecule has 0 spiro atoms. The molecular formula is C21H25F3N4OS. The van der Waals surface area contributed by atoms with Crippen molar-refractivity contribution < 1.29 is 17.4 Å². The highest BCUT2D eigenvalue weighted by molar-refractivity contribution is 7.83. The molecule has 1 aromatic carbocycles. The molecule has 5 nitrogen and oxygen atoms in total. The average Bonchev–Trinajstić information content (AvgIpc) is 3.43. The summed E-state index contributed by atoms with van der Waals surface area (Å²) >= 11 is 0. The van der Waals surface area contributed by atoms with Crippen LogP contribution in [-0.2, 0) is 30.8 Å². The number of halogens is 3. The summed E-state index contributed by atoms with van der Waals surface area (Å²) in [6.45, 7) is 0.445. The van der Waals surface area contributed by atoms with E-state index in [1.165, 1.54) is 12.1 Å². The molecule has 0 saturated heterocycles. The van der Waals surface area contributed by atoms with E-state index >= 15 is 0 Å². The minimum atomic E-state index is -4.33. The number of benzene rings is 1. The number of alkyl halides is 3. The molecule has 1 aromatic heterocycles. The fourth-order valence-electron chi connectivity index (χ4n) is 3.60. The summed E-state index contributed by atoms with van der Waals surface area (Å²) in [4.78, 5) is 4.46. The van der Waals surface area contributed by atoms with E-state index in [1.54, 1.807) is 6.33 Å². The maximum atomic E-state index is 12.8. The van der Waals surface area contributed by atoms with Gasteiger partial charge in [-0.25, -0.2) is 13.9 Å². The fourth-order valence-corrected chi connectivity index (χ4v) is 4.96. The molecule has 3 atom stereocenters. The highest BCUT2D eigenvalue weighted by Gasteiger charge is 2.32. The van der Waals surface area contributed by atoms with E-state index in [1.807, 2.05) is 23.9 Å². The van der Waals surface area contributed by atoms with Crippen molar-refractivity contribution in [2.24, 2.45) is 7.05 Å². The van der Waals surface area contributed by atoms with Crippen LogP contribution >= 0.6 is 0 Å². The van der Waals surface area contributed by atoms with Gasteiger partial charge in [0.25, 0.3) is 0 Å². The quantitative estimate of drug-likeness (QED) is 0.695. The zero-order valence-corrected chi connectivity index (χ0v) is 17.5. The summed E-state index contributed by atoms with van der Waals surface area (Å²) in [5.74, 6) is 0. The first-order valence-corrected chi connectivity index (χ1v) is 11.3. The van der Waals surface area contributed by atoms with Gasteiger partial charge in [0.15, 0.2) is 0 Å². The number of aromatic nitrogens is 2. The summed E-state index contributed by atoms with van der Waals surface area (Å²) in [7, 11) is 0.775. The molecule has 0 amide bonds. The summed E-state index contributed by atoms with van der Waals surface area (Å²) in [6.07, 6.45) is 5.08. The highest BCUT2D eigenvalue weighted by atomic mass is 32.2. The van der Waals surface area contributed by atoms with Crippen LogP contribution < -0.4 is 10.0 Å². The van der Waals surface area contributed by atoms with Gasteiger partial charge in [-0.2, -0.15) is 13.2 Å². The summed E-state index contributed by atoms with van der Waals surface area (Å²) in [5.41, 5.74) is 1.95. The second kappa shape index (κ2) is 8.64. The number of nitrogens with one attached hydrogen (secondary N) is 2. The first-order chi connectivity index (χ1) is 14.3. The van der Waals surface area contributed by atoms with E-state index in [0.717, 1.165) is 54.6 Å². The Morgan fingerprint density at radius 1 is 1.17 bits per heavy atom. The minimum absolute atomic E-state index is 0.00336. The number of hydrogen-bond acceptors (Lipinski definition) is 3. The Morgan fingerprint density at radius 2 is 1.90 bits per heavy atom. The molecule has 1 heterocycles. The number of nitrogens with zero attached hydrogens (tertiary/aromatic N) is 2. The lowest BCUT2D eigenvalue weighted by Gasteiger charge is -2.29. The lowest BCUT2D eigenvalue weighted by Crippen LogP contribution is -2.37. The van der Waals surface area contributed by atoms with Crippen molar-refractivity contribution in [3.63, 3.8) is 0 Å². The van der Waals surface area contributed by atoms with Gasteiger partial charge >= 0.3 is 6.18 Å². The number of rotatable bonds is 7. The minimum Gasteiger partial charge on any atom is -0.340 e. The second-order valence-electron chi connectivity index (χ2n) is 7.98. The van der Waals surface area contributed by atoms with Gasteiger partial charge in [0, 0.05) is 31.9 Å². The monoisotopic (exact) mass is 438 g/mol. The van der Waals surface area contributed by atoms with Gasteiger partial charge in [0.1, 0.15) is 0 Å². The third-order valence-electron chi connectivity index (χ3n) is 5.45. The third kappa shape index (κ3) is 5.19. The molecule has 9 heteroatoms. The molecule has 0 bridgehead atoms. The van der Waals surface area contributed by atoms with E-state index in [9.17, 15) is 17.4 Å². The van der Waals surface area contributed by atoms with Gasteiger partial charge in [-0.05, 0) is 49.0 Å². The number of hydrogen-bond donors (Lipinski definition) is 2. The van der Waals surface area contributed by atoms with Crippen LogP contribution in [0.25, 0.3) is 5.57 Å². The Labute approximate surface area is 176 Å². The Hall–Kier alpha value is -1.97. The molecule has 0 aliphatic heterocycles. The van der Waals surface area contributed by atoms with Gasteiger partial charge in [0.2, 0.25) is 0 Å². The third-order valence-corrected chi connectivity index (χ3v) is 6.94. The van der Waals surface area contributed by atoms with Crippen LogP contribution in [0, 0.1) is 0 Å². The van der Waals surface area contributed by atoms with Crippen LogP contribution in [0.3, 0.4) is 0 Å². The SMILES string of the molecule is Cn1cnc(C2=CC(S(=O)NC3CC3)CCC2NCc2ccc(C(F)(F)F)cc2)c1. The molecular weight excluding hydrogens is 413 g/mol. The summed E-state index contributed by atoms with van der Waals surface area (Å²) < 4.78 is 56.0. The van der Waals surface area contributed by atoms with Gasteiger partial charge in [-0.3, -0.25) is 0 Å². The highest BCUT2D eigenvalue weighted by Crippen LogP contribution is 2.31. The zero-order chi connectivity index (χ0) is 21.3. The van der Waals surface area contributed by atoms with Crippen molar-refractivity contribution in [3.8, 4) is 0 Å². The van der Waals surface area contributed by atoms with Crippen molar-refractivity contribution in [2.45, 2.75) is 55.7 Å². The van der Waals surface area contributed by atoms with Crippen LogP contribution in [0.5, 0.6) is 0 Å². The maximum Gasteiger partial charge on any atom is 0.416 e. The molecule has 2 aromatic rings. The molecule has 1 fully saturated rings. The normalized spacial score (nSPS) is 23.3. The summed E-state index contributed by atoms with van der Waals surface area (Å²) in [5, 5.41) is 3.37. The second-order valence-corrected chi connectivity index (χ2v) is 9.42. The van der Waals surface area contributed by atoms with E-state index in [-0.39, 0.29) is 11.3 Å². The molecule has 2 N–H and O–H groups in total. The van der Waals surface area contributed by atoms with Crippen LogP contribution in [0.4, 0.5) is 13.2 Å². The van der Waals surface area contributed by atoms with E-state index in [4.69, 9.17) is 0 Å². The summed E-state index contributed by atoms with van der Waals surface area (Å²) in [6, 6.07) is 5.58. The Morgan fingerprint density at radius 3 is 2.50 bits per heavy atom. The first kappa shape index (κ1) is 21.3. The van der Waals surface area contributed by atoms with Crippen LogP contribution in [-0.4, -0.2) is 31.1 Å². The standard InChI is InChI=1S/C21H25F3N4OS/c1-28-12-20(26-13-28)18-10-17(30(29)27-16-6-7-16)8-9-19(18)25-11-14-2-4-15(5-3-14)21(22,23)24/h2-5,10,12-13,16-17,19,25,27H,6-9,11H2,1H3. The van der Waals surface area contributed by atoms with Crippen molar-refractivity contribution in [1.82, 2.24) is 19.6 Å². The largest absolute Gasteiger partial charge is 0.416 e. The first-order valence-electron chi connectivity index (χ1n) is 10.1. The Bertz CT molecular complexity index is 934. The molecule has 162 valence electrons. The lowest BCUT2D eigenvalue weighted by atomic mass is 9.91. The van der Waals surface area contributed by atoms with Gasteiger partial charge < -0.3 is 9.88 Å². The molecule has 4 rings (SSSR count). The molecule has 0 radical (unpaired) electrons. The Kier molecular flexibility index (Phi) is 6.13. The van der Waals surface area contributed by atoms with Crippen molar-refractivity contribution in [3.05, 3.63) is 59.7 Å². The van der Waals surface area contributed by atoms with Crippen molar-refractivity contribution in [2.75, 3.05) is 0 Å². The predicted molar refractivity (Wildman–Crippen MR) is 111 cm³/mol. The van der Waals surface area contributed by atoms with Crippen LogP contribution in [0.2, 0.25) is 0 Å². The predicted octanol–water partition coefficient (Wildman–Crippen LogP) is 3.56. The maximum absolute atomic E-state index is 12.8. The smallest absolute Gasteiger partial charge is 0.340 e. The zero-order valence-electron chi connectivity index (χ0n) is 16.7. The van der Waals surface area contributed by atoms with Crippen LogP contribution in [0.15, 0.2) is 42.9 Å². The molecule has 2 aliphatic rings. The van der Waals surface area contributed by atoms with E-state index < -0.39 is 22.7 Å². The number of imidazole rings is 1. The molecule has 30 heavy (non-hydrogen) atoms. The molecule has 2 aliphatic carbocycles. The van der Waals surface area contributed by atoms with Crippen molar-refractivity contribution in [1.29, 1.82) is 0 Å².